The van der Waals surface area contributed by atoms with E-state index < -0.39 is 23.9 Å². The van der Waals surface area contributed by atoms with E-state index in [1.807, 2.05) is 158 Å². The molecule has 2 atom stereocenters. The average molecular weight is 1720 g/mol. The fraction of sp³-hybridized carbons (Fsp3) is 0.316. The number of hydrogen-bond acceptors (Lipinski definition) is 15. The summed E-state index contributed by atoms with van der Waals surface area (Å²) in [6, 6.07) is 54.0. The van der Waals surface area contributed by atoms with Crippen LogP contribution in [0.4, 0.5) is 17.3 Å². The van der Waals surface area contributed by atoms with Gasteiger partial charge in [-0.15, -0.1) is 0 Å². The Hall–Kier alpha value is -14.7. The number of pyridine rings is 2. The lowest BCUT2D eigenvalue weighted by atomic mass is 10.0. The Bertz CT molecular complexity index is 6110. The summed E-state index contributed by atoms with van der Waals surface area (Å²) >= 11 is 0. The zero-order valence-corrected chi connectivity index (χ0v) is 71.6. The van der Waals surface area contributed by atoms with Crippen LogP contribution in [0.1, 0.15) is 150 Å². The van der Waals surface area contributed by atoms with E-state index >= 15 is 0 Å². The van der Waals surface area contributed by atoms with Gasteiger partial charge in [0.25, 0.3) is 0 Å². The van der Waals surface area contributed by atoms with E-state index in [-0.39, 0.29) is 44.4 Å². The molecule has 0 radical (unpaired) electrons. The Labute approximate surface area is 738 Å². The number of hydrogen-bond donors (Lipinski definition) is 13. The quantitative estimate of drug-likeness (QED) is 0.00967. The van der Waals surface area contributed by atoms with Gasteiger partial charge in [0.1, 0.15) is 34.8 Å². The Morgan fingerprint density at radius 3 is 1.46 bits per heavy atom. The maximum Gasteiger partial charge on any atom is 0.242 e. The number of para-hydroxylation sites is 6. The summed E-state index contributed by atoms with van der Waals surface area (Å²) in [6.45, 7) is 11.1. The second kappa shape index (κ2) is 49.0. The number of nitrogen functional groups attached to an aromatic ring is 2. The van der Waals surface area contributed by atoms with Gasteiger partial charge in [-0.05, 0) is 135 Å². The van der Waals surface area contributed by atoms with Gasteiger partial charge in [0.15, 0.2) is 11.6 Å². The van der Waals surface area contributed by atoms with Gasteiger partial charge in [-0.25, -0.2) is 19.9 Å². The maximum atomic E-state index is 13.2. The monoisotopic (exact) mass is 1720 g/mol. The summed E-state index contributed by atoms with van der Waals surface area (Å²) in [7, 11) is 0. The summed E-state index contributed by atoms with van der Waals surface area (Å²) in [5.74, 6) is 8.24. The third kappa shape index (κ3) is 26.0. The predicted octanol–water partition coefficient (Wildman–Crippen LogP) is 12.4. The van der Waals surface area contributed by atoms with Crippen molar-refractivity contribution < 1.29 is 43.2 Å². The number of carbonyl (C=O) groups is 9. The molecule has 7 aromatic heterocycles. The van der Waals surface area contributed by atoms with Crippen LogP contribution in [-0.2, 0) is 94.9 Å². The van der Waals surface area contributed by atoms with Crippen molar-refractivity contribution in [3.05, 3.63) is 233 Å². The maximum absolute atomic E-state index is 13.2. The molecule has 14 aromatic rings. The zero-order chi connectivity index (χ0) is 88.9. The predicted molar refractivity (Wildman–Crippen MR) is 504 cm³/mol. The minimum atomic E-state index is -0.845. The molecule has 7 aromatic carbocycles. The first-order valence-electron chi connectivity index (χ1n) is 43.1. The molecule has 9 amide bonds. The molecule has 1 aliphatic heterocycles. The molecule has 0 aliphatic carbocycles. The third-order valence-corrected chi connectivity index (χ3v) is 21.8. The van der Waals surface area contributed by atoms with Gasteiger partial charge in [-0.3, -0.25) is 43.2 Å². The Balaban J connectivity index is 0.000000169. The van der Waals surface area contributed by atoms with E-state index in [1.165, 1.54) is 28.8 Å². The van der Waals surface area contributed by atoms with Crippen LogP contribution in [-0.4, -0.2) is 144 Å². The highest BCUT2D eigenvalue weighted by Crippen LogP contribution is 2.33. The molecule has 15 rings (SSSR count). The van der Waals surface area contributed by atoms with Gasteiger partial charge >= 0.3 is 0 Å². The molecule has 0 spiro atoms. The topological polar surface area (TPSA) is 428 Å². The van der Waals surface area contributed by atoms with Gasteiger partial charge in [-0.1, -0.05) is 167 Å². The molecule has 127 heavy (non-hydrogen) atoms. The molecular formula is C98H116N20O9. The van der Waals surface area contributed by atoms with Crippen LogP contribution in [0, 0.1) is 11.8 Å². The molecule has 29 heteroatoms. The van der Waals surface area contributed by atoms with E-state index in [2.05, 4.69) is 121 Å². The number of H-pyrrole nitrogens is 3. The summed E-state index contributed by atoms with van der Waals surface area (Å²) in [5, 5.41) is 24.3. The number of aromatic amines is 3. The number of primary amides is 1. The smallest absolute Gasteiger partial charge is 0.242 e. The second-order valence-electron chi connectivity index (χ2n) is 30.6. The van der Waals surface area contributed by atoms with E-state index in [0.717, 1.165) is 208 Å². The summed E-state index contributed by atoms with van der Waals surface area (Å²) in [6.07, 6.45) is 21.5. The lowest BCUT2D eigenvalue weighted by Crippen LogP contribution is -2.51. The number of nitrogens with two attached hydrogens (primary N) is 3. The van der Waals surface area contributed by atoms with Gasteiger partial charge in [0.05, 0.1) is 34.3 Å². The summed E-state index contributed by atoms with van der Waals surface area (Å²) in [5.41, 5.74) is 33.3. The lowest BCUT2D eigenvalue weighted by Gasteiger charge is -2.26. The first-order chi connectivity index (χ1) is 61.5. The molecule has 2 unspecified atom stereocenters. The van der Waals surface area contributed by atoms with Crippen LogP contribution < -0.4 is 59.3 Å². The molecule has 662 valence electrons. The minimum Gasteiger partial charge on any atom is -0.382 e. The van der Waals surface area contributed by atoms with Gasteiger partial charge < -0.3 is 83.4 Å². The van der Waals surface area contributed by atoms with Crippen LogP contribution in [0.5, 0.6) is 0 Å². The van der Waals surface area contributed by atoms with E-state index in [9.17, 15) is 43.2 Å². The van der Waals surface area contributed by atoms with Crippen molar-refractivity contribution in [3.63, 3.8) is 0 Å². The fourth-order valence-corrected chi connectivity index (χ4v) is 15.2. The number of nitrogens with one attached hydrogen (secondary N) is 10. The van der Waals surface area contributed by atoms with Crippen molar-refractivity contribution in [2.75, 3.05) is 49.1 Å². The van der Waals surface area contributed by atoms with Crippen LogP contribution in [0.25, 0.3) is 76.6 Å². The van der Waals surface area contributed by atoms with Crippen molar-refractivity contribution in [3.8, 4) is 11.8 Å². The summed E-state index contributed by atoms with van der Waals surface area (Å²) in [4.78, 5) is 132. The minimum absolute atomic E-state index is 0. The molecule has 8 heterocycles. The Morgan fingerprint density at radius 1 is 0.472 bits per heavy atom. The SMILES string of the molecule is C.CC(NC=O)C(=O)NC(Cc1c[nH]c2ccccc12)C(N)=O.CCCCc1nc2c(N)nc3ccccc3c2n1CCCCNC(=O)CCCNC=O.CCCCc1nc2c(N)nc3ccccc3c2n1CCCCNC=O.O=C(CCC(=O)N1Cc2ccccc2C#Cc2ccccc21)NCCc1c[nH]c2ccccc12.O=CNCCc1c[nH]c2ccccc12. The highest BCUT2D eigenvalue weighted by molar-refractivity contribution is 6.08. The number of benzene rings is 7. The van der Waals surface area contributed by atoms with Crippen molar-refractivity contribution in [2.45, 2.75) is 169 Å². The van der Waals surface area contributed by atoms with Gasteiger partial charge in [0.2, 0.25) is 55.2 Å². The Morgan fingerprint density at radius 2 is 0.921 bits per heavy atom. The van der Waals surface area contributed by atoms with Crippen LogP contribution in [0.3, 0.4) is 0 Å². The number of imidazole rings is 2. The number of aryl methyl sites for hydroxylation is 4. The molecule has 0 saturated heterocycles. The zero-order valence-electron chi connectivity index (χ0n) is 71.6. The van der Waals surface area contributed by atoms with E-state index in [1.54, 1.807) is 11.1 Å². The first-order valence-corrected chi connectivity index (χ1v) is 43.1. The normalized spacial score (nSPS) is 11.6. The third-order valence-electron chi connectivity index (χ3n) is 21.8. The standard InChI is InChI=1S/C29H25N3O2.C23H32N6O2.C19H25N5O.C15H18N4O3.C11H12N2O.CH4/c33-28(30-18-17-23-19-31-26-11-5-4-10-25(23)26)15-16-29(34)32-20-24-9-2-1-7-21(24)13-14-22-8-3-6-12-27(22)32;1-2-3-11-19-28-21-22(17-9-4-5-10-18(17)27-23(21)24)29(19)15-7-6-14-26-20(31)12-8-13-25-16-30;1-2-3-10-16-23-17-18(24(16)12-7-6-11-21-13-25)14-8-4-5-9-15(14)22-19(17)20;1-9(18-8-20)15(22)19-13(14(16)21)6-10-7-17-12-5-3-2-4-11(10)12;14-8-12-6-5-9-7-13-11-4-2-1-3-10(9)11;/h1-12,19,31H,15-18,20H2,(H,30,33);4-5,9-10,16H,2-3,6-8,11-15H2,1H3,(H2,24,27)(H,25,30)(H,26,31);4-5,8-9,13H,2-3,6-7,10-12H2,1H3,(H2,20,22)(H,21,25);2-5,7-9,13,17H,6H2,1H3,(H2,16,21)(H,18,20)(H,19,22);1-4,7-8,13H,5-6H2,(H,12,14);1H4. The van der Waals surface area contributed by atoms with Crippen molar-refractivity contribution >= 4 is 149 Å². The number of unbranched alkanes of at least 4 members (excludes halogenated alkanes) is 4. The largest absolute Gasteiger partial charge is 0.382 e. The van der Waals surface area contributed by atoms with Gasteiger partial charge in [-0.2, -0.15) is 0 Å². The van der Waals surface area contributed by atoms with Crippen molar-refractivity contribution in [1.29, 1.82) is 0 Å². The fourth-order valence-electron chi connectivity index (χ4n) is 15.2. The number of rotatable bonds is 39. The van der Waals surface area contributed by atoms with Gasteiger partial charge in [0, 0.05) is 158 Å². The number of carbonyl (C=O) groups excluding carboxylic acids is 9. The molecule has 29 nitrogen and oxygen atoms in total. The lowest BCUT2D eigenvalue weighted by molar-refractivity contribution is -0.129. The molecule has 0 fully saturated rings. The molecule has 1 aliphatic rings. The highest BCUT2D eigenvalue weighted by Gasteiger charge is 2.26. The van der Waals surface area contributed by atoms with Crippen LogP contribution >= 0.6 is 0 Å². The van der Waals surface area contributed by atoms with E-state index in [4.69, 9.17) is 27.2 Å². The first kappa shape index (κ1) is 94.6. The van der Waals surface area contributed by atoms with Crippen LogP contribution in [0.2, 0.25) is 0 Å². The number of anilines is 3. The summed E-state index contributed by atoms with van der Waals surface area (Å²) < 4.78 is 4.59. The molecular weight excluding hydrogens is 1600 g/mol. The van der Waals surface area contributed by atoms with Crippen molar-refractivity contribution in [2.24, 2.45) is 5.73 Å². The molecule has 0 saturated carbocycles. The Kier molecular flexibility index (Phi) is 36.5. The van der Waals surface area contributed by atoms with Crippen molar-refractivity contribution in [1.82, 2.24) is 81.2 Å². The second-order valence-corrected chi connectivity index (χ2v) is 30.6. The number of aromatic nitrogens is 9. The molecule has 16 N–H and O–H groups in total. The van der Waals surface area contributed by atoms with E-state index in [0.29, 0.717) is 76.6 Å². The van der Waals surface area contributed by atoms with Crippen LogP contribution in [0.15, 0.2) is 188 Å². The average Bonchev–Trinajstić information content (AvgIpc) is 1.61. The molecule has 0 bridgehead atoms. The number of nitrogens with zero attached hydrogens (tertiary/aromatic N) is 7. The number of amides is 9. The highest BCUT2D eigenvalue weighted by atomic mass is 16.2. The number of fused-ring (bicyclic) bond motifs is 11.